The van der Waals surface area contributed by atoms with E-state index >= 15 is 0 Å². The van der Waals surface area contributed by atoms with Gasteiger partial charge in [0.2, 0.25) is 7.12 Å². The van der Waals surface area contributed by atoms with Crippen LogP contribution in [0.25, 0.3) is 0 Å². The van der Waals surface area contributed by atoms with Crippen LogP contribution in [0.3, 0.4) is 0 Å². The van der Waals surface area contributed by atoms with Crippen LogP contribution in [-0.2, 0) is 35.2 Å². The van der Waals surface area contributed by atoms with E-state index in [1.165, 1.54) is 0 Å². The number of hydrogen-bond donors (Lipinski definition) is 0. The fraction of sp³-hybridized carbons (Fsp3) is 0.200. The van der Waals surface area contributed by atoms with Crippen molar-refractivity contribution in [3.8, 4) is 0 Å². The standard InChI is InChI=1S/C9H9BN6.C4H5O.2CO.W/c1-4-14(7-11-1)10(15-5-2-12-8-15)16-6-3-13-9-16;5-3-4-1-2-4;2*1-2;/h1-9H;4H,1-2H2;;;/q2*-1;;;. The van der Waals surface area contributed by atoms with E-state index in [9.17, 15) is 4.79 Å². The molecule has 0 aliphatic heterocycles. The largest absolute Gasteiger partial charge is 0.498 e. The summed E-state index contributed by atoms with van der Waals surface area (Å²) in [7, 11) is -0.0486. The predicted octanol–water partition coefficient (Wildman–Crippen LogP) is 0.634. The number of nitrogens with zero attached hydrogens (tertiary/aromatic N) is 6. The summed E-state index contributed by atoms with van der Waals surface area (Å²) in [5.74, 6) is 0.329. The van der Waals surface area contributed by atoms with Gasteiger partial charge in [-0.05, 0) is 18.6 Å². The molecule has 0 saturated heterocycles. The first-order valence-electron chi connectivity index (χ1n) is 7.09. The van der Waals surface area contributed by atoms with Crippen molar-refractivity contribution in [2.24, 2.45) is 5.92 Å². The van der Waals surface area contributed by atoms with Crippen LogP contribution < -0.4 is 0 Å². The zero-order chi connectivity index (χ0) is 18.5. The fourth-order valence-electron chi connectivity index (χ4n) is 1.88. The minimum absolute atomic E-state index is 0. The van der Waals surface area contributed by atoms with Gasteiger partial charge in [0.15, 0.2) is 0 Å². The van der Waals surface area contributed by atoms with Crippen LogP contribution in [0.1, 0.15) is 12.8 Å². The molecule has 0 atom stereocenters. The topological polar surface area (TPSA) is 110 Å². The average molecular weight is 521 g/mol. The van der Waals surface area contributed by atoms with Crippen molar-refractivity contribution in [1.29, 1.82) is 0 Å². The molecule has 9 nitrogen and oxygen atoms in total. The van der Waals surface area contributed by atoms with Crippen molar-refractivity contribution >= 4 is 13.4 Å². The molecule has 0 aromatic carbocycles. The van der Waals surface area contributed by atoms with Crippen molar-refractivity contribution in [3.63, 3.8) is 0 Å². The average Bonchev–Trinajstić information content (AvgIpc) is 3.16. The third-order valence-electron chi connectivity index (χ3n) is 3.12. The summed E-state index contributed by atoms with van der Waals surface area (Å²) in [5, 5.41) is 0. The molecular weight excluding hydrogens is 507 g/mol. The maximum absolute atomic E-state index is 9.44. The molecule has 133 valence electrons. The second kappa shape index (κ2) is 13.8. The molecule has 1 aliphatic rings. The Balaban J connectivity index is 0.000000530. The molecule has 11 heteroatoms. The van der Waals surface area contributed by atoms with Crippen LogP contribution in [-0.4, -0.2) is 41.8 Å². The molecule has 1 radical (unpaired) electrons. The zero-order valence-electron chi connectivity index (χ0n) is 13.6. The monoisotopic (exact) mass is 521 g/mol. The summed E-state index contributed by atoms with van der Waals surface area (Å²) in [6, 6.07) is 0. The summed E-state index contributed by atoms with van der Waals surface area (Å²) in [6.45, 7) is 9.00. The Morgan fingerprint density at radius 2 is 1.19 bits per heavy atom. The third kappa shape index (κ3) is 7.19. The molecule has 0 unspecified atom stereocenters. The van der Waals surface area contributed by atoms with Crippen LogP contribution in [0.5, 0.6) is 0 Å². The van der Waals surface area contributed by atoms with Crippen molar-refractivity contribution in [1.82, 2.24) is 28.4 Å². The minimum Gasteiger partial charge on any atom is -0.498 e. The van der Waals surface area contributed by atoms with E-state index in [0.717, 1.165) is 12.8 Å². The normalized spacial score (nSPS) is 11.3. The van der Waals surface area contributed by atoms with Gasteiger partial charge in [-0.1, -0.05) is 12.8 Å². The SMILES string of the molecule is O=[C-]C1CC1.[C-]#[O+].[C-]#[O+].[W].c1cn([B-](n2ccnc2)n2ccnc2)cn1. The first-order chi connectivity index (χ1) is 12.4. The quantitative estimate of drug-likeness (QED) is 0.285. The van der Waals surface area contributed by atoms with Gasteiger partial charge in [0.1, 0.15) is 0 Å². The van der Waals surface area contributed by atoms with E-state index in [-0.39, 0.29) is 28.2 Å². The van der Waals surface area contributed by atoms with E-state index in [4.69, 9.17) is 9.30 Å². The number of rotatable bonds is 4. The summed E-state index contributed by atoms with van der Waals surface area (Å²) in [6.07, 6.45) is 20.3. The van der Waals surface area contributed by atoms with E-state index in [1.807, 2.05) is 38.3 Å². The Bertz CT molecular complexity index is 652. The van der Waals surface area contributed by atoms with Gasteiger partial charge in [0.25, 0.3) is 0 Å². The maximum atomic E-state index is 9.44. The van der Waals surface area contributed by atoms with Gasteiger partial charge in [0.05, 0.1) is 19.0 Å². The summed E-state index contributed by atoms with van der Waals surface area (Å²) >= 11 is 0. The fourth-order valence-corrected chi connectivity index (χ4v) is 1.88. The second-order valence-electron chi connectivity index (χ2n) is 4.77. The molecular formula is C15H14BN6O3W-2. The Kier molecular flexibility index (Phi) is 12.5. The van der Waals surface area contributed by atoms with Gasteiger partial charge in [0, 0.05) is 39.7 Å². The summed E-state index contributed by atoms with van der Waals surface area (Å²) in [5.41, 5.74) is 0. The molecule has 0 N–H and O–H groups in total. The van der Waals surface area contributed by atoms with Crippen LogP contribution in [0.15, 0.2) is 56.2 Å². The first kappa shape index (κ1) is 23.5. The van der Waals surface area contributed by atoms with Gasteiger partial charge >= 0.3 is 22.6 Å². The van der Waals surface area contributed by atoms with E-state index < -0.39 is 0 Å². The molecule has 1 saturated carbocycles. The molecule has 3 heterocycles. The Morgan fingerprint density at radius 1 is 0.846 bits per heavy atom. The molecule has 3 aromatic rings. The van der Waals surface area contributed by atoms with E-state index in [2.05, 4.69) is 28.3 Å². The van der Waals surface area contributed by atoms with Crippen LogP contribution in [0, 0.1) is 19.2 Å². The molecule has 1 aliphatic carbocycles. The first-order valence-corrected chi connectivity index (χ1v) is 7.09. The molecule has 26 heavy (non-hydrogen) atoms. The molecule has 4 rings (SSSR count). The summed E-state index contributed by atoms with van der Waals surface area (Å²) < 4.78 is 20.9. The van der Waals surface area contributed by atoms with Gasteiger partial charge in [-0.3, -0.25) is 6.29 Å². The maximum Gasteiger partial charge on any atom is 0.205 e. The van der Waals surface area contributed by atoms with Crippen molar-refractivity contribution in [2.75, 3.05) is 0 Å². The van der Waals surface area contributed by atoms with E-state index in [1.54, 1.807) is 37.6 Å². The molecule has 1 fully saturated rings. The van der Waals surface area contributed by atoms with Crippen LogP contribution in [0.2, 0.25) is 0 Å². The Hall–Kier alpha value is -2.47. The van der Waals surface area contributed by atoms with Crippen molar-refractivity contribution < 1.29 is 35.2 Å². The molecule has 0 bridgehead atoms. The van der Waals surface area contributed by atoms with Gasteiger partial charge in [-0.15, -0.1) is 5.92 Å². The van der Waals surface area contributed by atoms with Gasteiger partial charge < -0.3 is 18.2 Å². The smallest absolute Gasteiger partial charge is 0.205 e. The van der Waals surface area contributed by atoms with Crippen molar-refractivity contribution in [3.05, 3.63) is 69.5 Å². The molecule has 3 aromatic heterocycles. The number of aromatic nitrogens is 6. The Morgan fingerprint density at radius 3 is 1.35 bits per heavy atom. The summed E-state index contributed by atoms with van der Waals surface area (Å²) in [4.78, 5) is 21.6. The number of imidazole rings is 3. The van der Waals surface area contributed by atoms with Gasteiger partial charge in [-0.2, -0.15) is 0 Å². The second-order valence-corrected chi connectivity index (χ2v) is 4.77. The molecule has 0 amide bonds. The minimum atomic E-state index is -0.0486. The molecule has 0 spiro atoms. The number of carbonyl (C=O) groups excluding carboxylic acids is 1. The third-order valence-corrected chi connectivity index (χ3v) is 3.12. The van der Waals surface area contributed by atoms with E-state index in [0.29, 0.717) is 5.92 Å². The Labute approximate surface area is 165 Å². The van der Waals surface area contributed by atoms with Crippen molar-refractivity contribution in [2.45, 2.75) is 12.8 Å². The number of hydrogen-bond acceptors (Lipinski definition) is 4. The van der Waals surface area contributed by atoms with Crippen LogP contribution in [0.4, 0.5) is 0 Å². The zero-order valence-corrected chi connectivity index (χ0v) is 16.5. The van der Waals surface area contributed by atoms with Crippen LogP contribution >= 0.6 is 0 Å². The predicted molar refractivity (Wildman–Crippen MR) is 84.9 cm³/mol. The van der Waals surface area contributed by atoms with Gasteiger partial charge in [-0.25, -0.2) is 15.0 Å².